The van der Waals surface area contributed by atoms with E-state index >= 15 is 0 Å². The number of anilines is 1. The topological polar surface area (TPSA) is 69.6 Å². The fourth-order valence-electron chi connectivity index (χ4n) is 5.93. The number of aromatic nitrogens is 2. The number of hydrogen-bond acceptors (Lipinski definition) is 7. The molecule has 0 bridgehead atoms. The van der Waals surface area contributed by atoms with Gasteiger partial charge in [-0.2, -0.15) is 0 Å². The van der Waals surface area contributed by atoms with E-state index in [4.69, 9.17) is 0 Å². The lowest BCUT2D eigenvalue weighted by atomic mass is 9.88. The zero-order valence-electron chi connectivity index (χ0n) is 19.6. The molecule has 0 saturated carbocycles. The molecular formula is C27H28FN5O2. The fraction of sp³-hybridized carbons (Fsp3) is 0.407. The number of piperidine rings is 1. The minimum atomic E-state index is -0.546. The van der Waals surface area contributed by atoms with Crippen molar-refractivity contribution in [2.75, 3.05) is 44.2 Å². The Kier molecular flexibility index (Phi) is 5.78. The van der Waals surface area contributed by atoms with Crippen LogP contribution in [0.3, 0.4) is 0 Å². The summed E-state index contributed by atoms with van der Waals surface area (Å²) in [7, 11) is 0. The minimum absolute atomic E-state index is 0.163. The molecule has 1 unspecified atom stereocenters. The van der Waals surface area contributed by atoms with Crippen LogP contribution in [0.1, 0.15) is 30.1 Å². The molecule has 2 fully saturated rings. The standard InChI is InChI=1S/C27H28FN5O2/c28-21-5-6-22(25-20(21)4-2-10-30-25)32-11-7-19(8-12-32)31-13-15-33(16-14-31)26-24-18(3-1-9-29-24)17-23(34)27(26)35/h1-6,9-10,19,26H,7-8,11-17H2. The van der Waals surface area contributed by atoms with Crippen molar-refractivity contribution in [1.29, 1.82) is 0 Å². The quantitative estimate of drug-likeness (QED) is 0.542. The van der Waals surface area contributed by atoms with Crippen LogP contribution in [0.25, 0.3) is 10.9 Å². The van der Waals surface area contributed by atoms with E-state index in [1.807, 2.05) is 18.2 Å². The zero-order chi connectivity index (χ0) is 23.9. The third-order valence-electron chi connectivity index (χ3n) is 7.79. The second kappa shape index (κ2) is 9.09. The normalized spacial score (nSPS) is 22.5. The molecule has 180 valence electrons. The first-order chi connectivity index (χ1) is 17.1. The molecule has 7 nitrogen and oxygen atoms in total. The van der Waals surface area contributed by atoms with Gasteiger partial charge in [-0.3, -0.25) is 29.4 Å². The number of carbonyl (C=O) groups excluding carboxylic acids is 2. The van der Waals surface area contributed by atoms with Crippen molar-refractivity contribution >= 4 is 28.2 Å². The Bertz CT molecular complexity index is 1280. The molecule has 0 amide bonds. The molecule has 2 aromatic heterocycles. The largest absolute Gasteiger partial charge is 0.370 e. The Hall–Kier alpha value is -3.23. The predicted octanol–water partition coefficient (Wildman–Crippen LogP) is 2.79. The summed E-state index contributed by atoms with van der Waals surface area (Å²) in [6.45, 7) is 5.01. The summed E-state index contributed by atoms with van der Waals surface area (Å²) in [5.41, 5.74) is 3.34. The van der Waals surface area contributed by atoms with Gasteiger partial charge in [0.15, 0.2) is 0 Å². The molecule has 6 rings (SSSR count). The van der Waals surface area contributed by atoms with E-state index < -0.39 is 6.04 Å². The van der Waals surface area contributed by atoms with Gasteiger partial charge < -0.3 is 4.90 Å². The number of ketones is 2. The highest BCUT2D eigenvalue weighted by Gasteiger charge is 2.40. The maximum Gasteiger partial charge on any atom is 0.221 e. The van der Waals surface area contributed by atoms with Crippen molar-refractivity contribution in [1.82, 2.24) is 19.8 Å². The number of rotatable bonds is 3. The Morgan fingerprint density at radius 2 is 1.54 bits per heavy atom. The van der Waals surface area contributed by atoms with E-state index in [0.29, 0.717) is 11.4 Å². The number of benzene rings is 1. The number of fused-ring (bicyclic) bond motifs is 2. The van der Waals surface area contributed by atoms with Crippen LogP contribution < -0.4 is 4.90 Å². The first-order valence-corrected chi connectivity index (χ1v) is 12.4. The molecule has 35 heavy (non-hydrogen) atoms. The number of pyridine rings is 2. The molecule has 1 aliphatic carbocycles. The van der Waals surface area contributed by atoms with Gasteiger partial charge in [0.1, 0.15) is 11.9 Å². The van der Waals surface area contributed by atoms with E-state index in [-0.39, 0.29) is 23.8 Å². The summed E-state index contributed by atoms with van der Waals surface area (Å²) in [6, 6.07) is 10.6. The van der Waals surface area contributed by atoms with Gasteiger partial charge in [-0.1, -0.05) is 6.07 Å². The van der Waals surface area contributed by atoms with Gasteiger partial charge in [-0.25, -0.2) is 4.39 Å². The van der Waals surface area contributed by atoms with E-state index in [9.17, 15) is 14.0 Å². The number of carbonyl (C=O) groups is 2. The van der Waals surface area contributed by atoms with Gasteiger partial charge in [0.2, 0.25) is 11.6 Å². The third kappa shape index (κ3) is 4.00. The summed E-state index contributed by atoms with van der Waals surface area (Å²) in [5.74, 6) is -0.869. The summed E-state index contributed by atoms with van der Waals surface area (Å²) >= 11 is 0. The summed E-state index contributed by atoms with van der Waals surface area (Å²) < 4.78 is 14.2. The molecule has 8 heteroatoms. The van der Waals surface area contributed by atoms with Gasteiger partial charge >= 0.3 is 0 Å². The molecule has 4 heterocycles. The van der Waals surface area contributed by atoms with Crippen LogP contribution >= 0.6 is 0 Å². The fourth-order valence-corrected chi connectivity index (χ4v) is 5.93. The van der Waals surface area contributed by atoms with Crippen molar-refractivity contribution < 1.29 is 14.0 Å². The third-order valence-corrected chi connectivity index (χ3v) is 7.79. The first-order valence-electron chi connectivity index (χ1n) is 12.4. The van der Waals surface area contributed by atoms with Gasteiger partial charge in [0, 0.05) is 69.5 Å². The number of nitrogens with zero attached hydrogens (tertiary/aromatic N) is 5. The average molecular weight is 474 g/mol. The van der Waals surface area contributed by atoms with Crippen molar-refractivity contribution in [3.8, 4) is 0 Å². The zero-order valence-corrected chi connectivity index (χ0v) is 19.6. The van der Waals surface area contributed by atoms with E-state index in [2.05, 4.69) is 24.7 Å². The molecule has 2 aliphatic heterocycles. The van der Waals surface area contributed by atoms with Crippen molar-refractivity contribution in [3.05, 3.63) is 65.9 Å². The average Bonchev–Trinajstić information content (AvgIpc) is 2.90. The Morgan fingerprint density at radius 1 is 0.829 bits per heavy atom. The van der Waals surface area contributed by atoms with Crippen LogP contribution in [0, 0.1) is 5.82 Å². The molecule has 0 radical (unpaired) electrons. The van der Waals surface area contributed by atoms with E-state index in [0.717, 1.165) is 74.6 Å². The van der Waals surface area contributed by atoms with Crippen molar-refractivity contribution in [2.45, 2.75) is 31.3 Å². The SMILES string of the molecule is O=C1Cc2cccnc2C(N2CCN(C3CCN(c4ccc(F)c5cccnc45)CC3)CC2)C1=O. The Labute approximate surface area is 203 Å². The van der Waals surface area contributed by atoms with Crippen molar-refractivity contribution in [3.63, 3.8) is 0 Å². The van der Waals surface area contributed by atoms with Crippen LogP contribution in [0.5, 0.6) is 0 Å². The van der Waals surface area contributed by atoms with Gasteiger partial charge in [0.25, 0.3) is 0 Å². The summed E-state index contributed by atoms with van der Waals surface area (Å²) in [5, 5.41) is 0.565. The molecule has 2 saturated heterocycles. The molecule has 3 aliphatic rings. The second-order valence-electron chi connectivity index (χ2n) is 9.67. The summed E-state index contributed by atoms with van der Waals surface area (Å²) in [4.78, 5) is 41.0. The van der Waals surface area contributed by atoms with Crippen LogP contribution in [-0.2, 0) is 16.0 Å². The highest BCUT2D eigenvalue weighted by molar-refractivity contribution is 6.40. The van der Waals surface area contributed by atoms with Crippen molar-refractivity contribution in [2.24, 2.45) is 0 Å². The Balaban J connectivity index is 1.10. The van der Waals surface area contributed by atoms with Crippen LogP contribution in [-0.4, -0.2) is 76.6 Å². The molecule has 1 aromatic carbocycles. The first kappa shape index (κ1) is 22.2. The molecule has 3 aromatic rings. The second-order valence-corrected chi connectivity index (χ2v) is 9.67. The molecule has 0 spiro atoms. The highest BCUT2D eigenvalue weighted by Crippen LogP contribution is 2.32. The lowest BCUT2D eigenvalue weighted by Crippen LogP contribution is -2.55. The maximum absolute atomic E-state index is 14.2. The smallest absolute Gasteiger partial charge is 0.221 e. The predicted molar refractivity (Wildman–Crippen MR) is 131 cm³/mol. The van der Waals surface area contributed by atoms with Gasteiger partial charge in [0.05, 0.1) is 16.9 Å². The number of halogens is 1. The van der Waals surface area contributed by atoms with Gasteiger partial charge in [-0.05, 0) is 48.7 Å². The number of piperazine rings is 1. The molecule has 1 atom stereocenters. The maximum atomic E-state index is 14.2. The van der Waals surface area contributed by atoms with E-state index in [1.54, 1.807) is 24.5 Å². The molecular weight excluding hydrogens is 445 g/mol. The van der Waals surface area contributed by atoms with Crippen LogP contribution in [0.4, 0.5) is 10.1 Å². The van der Waals surface area contributed by atoms with Crippen LogP contribution in [0.15, 0.2) is 48.8 Å². The number of hydrogen-bond donors (Lipinski definition) is 0. The highest BCUT2D eigenvalue weighted by atomic mass is 19.1. The van der Waals surface area contributed by atoms with E-state index in [1.165, 1.54) is 6.07 Å². The lowest BCUT2D eigenvalue weighted by Gasteiger charge is -2.45. The number of Topliss-reactive ketones (excluding diaryl/α,β-unsaturated/α-hetero) is 2. The summed E-state index contributed by atoms with van der Waals surface area (Å²) in [6.07, 6.45) is 5.64. The monoisotopic (exact) mass is 473 g/mol. The van der Waals surface area contributed by atoms with Crippen LogP contribution in [0.2, 0.25) is 0 Å². The lowest BCUT2D eigenvalue weighted by molar-refractivity contribution is -0.141. The molecule has 0 N–H and O–H groups in total. The minimum Gasteiger partial charge on any atom is -0.370 e. The Morgan fingerprint density at radius 3 is 2.34 bits per heavy atom. The van der Waals surface area contributed by atoms with Gasteiger partial charge in [-0.15, -0.1) is 0 Å².